The molecule has 0 aromatic heterocycles. The van der Waals surface area contributed by atoms with E-state index in [1.165, 1.54) is 0 Å². The fraction of sp³-hybridized carbons (Fsp3) is 0.417. The van der Waals surface area contributed by atoms with Gasteiger partial charge in [-0.2, -0.15) is 0 Å². The summed E-state index contributed by atoms with van der Waals surface area (Å²) in [6, 6.07) is 1.45. The number of anilines is 1. The number of ether oxygens (including phenoxy) is 2. The van der Waals surface area contributed by atoms with Crippen LogP contribution in [0.4, 0.5) is 19.3 Å². The molecule has 0 spiro atoms. The number of halogens is 3. The van der Waals surface area contributed by atoms with Crippen LogP contribution in [0.1, 0.15) is 6.42 Å². The zero-order valence-electron chi connectivity index (χ0n) is 10.4. The zero-order valence-corrected chi connectivity index (χ0v) is 12.0. The molecule has 2 amide bonds. The third-order valence-electron chi connectivity index (χ3n) is 2.71. The predicted octanol–water partition coefficient (Wildman–Crippen LogP) is 2.61. The van der Waals surface area contributed by atoms with E-state index in [1.54, 1.807) is 0 Å². The van der Waals surface area contributed by atoms with Crippen molar-refractivity contribution >= 4 is 27.6 Å². The van der Waals surface area contributed by atoms with E-state index in [0.29, 0.717) is 13.0 Å². The Morgan fingerprint density at radius 3 is 2.70 bits per heavy atom. The molecule has 1 unspecified atom stereocenters. The van der Waals surface area contributed by atoms with Crippen molar-refractivity contribution in [2.75, 3.05) is 25.3 Å². The second-order valence-electron chi connectivity index (χ2n) is 4.18. The largest absolute Gasteiger partial charge is 0.355 e. The maximum absolute atomic E-state index is 13.5. The Morgan fingerprint density at radius 2 is 2.10 bits per heavy atom. The molecule has 1 aromatic carbocycles. The molecule has 0 bridgehead atoms. The molecule has 0 aliphatic carbocycles. The summed E-state index contributed by atoms with van der Waals surface area (Å²) in [5.41, 5.74) is -0.487. The average molecular weight is 351 g/mol. The van der Waals surface area contributed by atoms with Gasteiger partial charge in [0.15, 0.2) is 11.6 Å². The molecule has 1 aliphatic heterocycles. The van der Waals surface area contributed by atoms with E-state index in [4.69, 9.17) is 9.47 Å². The van der Waals surface area contributed by atoms with Gasteiger partial charge < -0.3 is 20.1 Å². The second-order valence-corrected chi connectivity index (χ2v) is 5.10. The molecular formula is C12H13BrF2N2O3. The lowest BCUT2D eigenvalue weighted by molar-refractivity contribution is -0.136. The summed E-state index contributed by atoms with van der Waals surface area (Å²) in [7, 11) is 0. The number of hydrogen-bond donors (Lipinski definition) is 2. The van der Waals surface area contributed by atoms with Gasteiger partial charge in [-0.1, -0.05) is 15.9 Å². The summed E-state index contributed by atoms with van der Waals surface area (Å²) in [5.74, 6) is -1.70. The van der Waals surface area contributed by atoms with Crippen LogP contribution >= 0.6 is 15.9 Å². The second kappa shape index (κ2) is 6.96. The highest BCUT2D eigenvalue weighted by atomic mass is 79.9. The van der Waals surface area contributed by atoms with Crippen LogP contribution in [0.2, 0.25) is 0 Å². The first kappa shape index (κ1) is 15.1. The highest BCUT2D eigenvalue weighted by Gasteiger charge is 2.17. The van der Waals surface area contributed by atoms with Gasteiger partial charge in [-0.05, 0) is 18.6 Å². The summed E-state index contributed by atoms with van der Waals surface area (Å²) < 4.78 is 37.5. The van der Waals surface area contributed by atoms with Gasteiger partial charge >= 0.3 is 6.03 Å². The first-order valence-corrected chi connectivity index (χ1v) is 6.74. The maximum Gasteiger partial charge on any atom is 0.319 e. The summed E-state index contributed by atoms with van der Waals surface area (Å²) in [6.45, 7) is 0.989. The molecule has 1 fully saturated rings. The molecule has 1 aromatic rings. The standard InChI is InChI=1S/C12H13BrF2N2O3/c13-7-3-9(14)11(10(15)4-7)17-12(18)16-5-8-1-2-19-6-20-8/h3-4,8H,1-2,5-6H2,(H2,16,17,18). The number of hydrogen-bond acceptors (Lipinski definition) is 3. The summed E-state index contributed by atoms with van der Waals surface area (Å²) in [5, 5.41) is 4.63. The normalized spacial score (nSPS) is 18.6. The lowest BCUT2D eigenvalue weighted by Gasteiger charge is -2.23. The third kappa shape index (κ3) is 4.12. The monoisotopic (exact) mass is 350 g/mol. The van der Waals surface area contributed by atoms with E-state index < -0.39 is 23.4 Å². The van der Waals surface area contributed by atoms with Crippen molar-refractivity contribution in [2.45, 2.75) is 12.5 Å². The molecule has 1 saturated heterocycles. The zero-order chi connectivity index (χ0) is 14.5. The van der Waals surface area contributed by atoms with E-state index in [0.717, 1.165) is 12.1 Å². The molecule has 5 nitrogen and oxygen atoms in total. The Hall–Kier alpha value is -1.25. The Kier molecular flexibility index (Phi) is 5.27. The highest BCUT2D eigenvalue weighted by Crippen LogP contribution is 2.23. The van der Waals surface area contributed by atoms with Crippen LogP contribution in [-0.2, 0) is 9.47 Å². The fourth-order valence-electron chi connectivity index (χ4n) is 1.69. The number of carbonyl (C=O) groups excluding carboxylic acids is 1. The Balaban J connectivity index is 1.88. The van der Waals surface area contributed by atoms with Gasteiger partial charge in [-0.15, -0.1) is 0 Å². The SMILES string of the molecule is O=C(NCC1CCOCO1)Nc1c(F)cc(Br)cc1F. The van der Waals surface area contributed by atoms with Crippen molar-refractivity contribution in [3.63, 3.8) is 0 Å². The van der Waals surface area contributed by atoms with Gasteiger partial charge in [0, 0.05) is 11.0 Å². The first-order valence-electron chi connectivity index (χ1n) is 5.95. The van der Waals surface area contributed by atoms with Crippen molar-refractivity contribution in [3.05, 3.63) is 28.2 Å². The van der Waals surface area contributed by atoms with Crippen LogP contribution in [0, 0.1) is 11.6 Å². The Bertz CT molecular complexity index is 473. The van der Waals surface area contributed by atoms with Crippen molar-refractivity contribution in [3.8, 4) is 0 Å². The molecule has 1 heterocycles. The average Bonchev–Trinajstić information content (AvgIpc) is 2.42. The smallest absolute Gasteiger partial charge is 0.319 e. The molecular weight excluding hydrogens is 338 g/mol. The number of nitrogens with one attached hydrogen (secondary N) is 2. The summed E-state index contributed by atoms with van der Waals surface area (Å²) in [6.07, 6.45) is 0.496. The molecule has 2 N–H and O–H groups in total. The number of carbonyl (C=O) groups is 1. The van der Waals surface area contributed by atoms with Crippen LogP contribution in [0.15, 0.2) is 16.6 Å². The van der Waals surface area contributed by atoms with E-state index in [2.05, 4.69) is 26.6 Å². The van der Waals surface area contributed by atoms with Crippen LogP contribution in [-0.4, -0.2) is 32.1 Å². The van der Waals surface area contributed by atoms with Crippen molar-refractivity contribution in [1.82, 2.24) is 5.32 Å². The number of rotatable bonds is 3. The molecule has 8 heteroatoms. The minimum absolute atomic E-state index is 0.158. The number of urea groups is 1. The fourth-order valence-corrected chi connectivity index (χ4v) is 2.09. The third-order valence-corrected chi connectivity index (χ3v) is 3.16. The van der Waals surface area contributed by atoms with E-state index in [1.807, 2.05) is 0 Å². The van der Waals surface area contributed by atoms with Gasteiger partial charge in [0.25, 0.3) is 0 Å². The van der Waals surface area contributed by atoms with Crippen LogP contribution in [0.5, 0.6) is 0 Å². The highest BCUT2D eigenvalue weighted by molar-refractivity contribution is 9.10. The van der Waals surface area contributed by atoms with Gasteiger partial charge in [0.05, 0.1) is 12.7 Å². The topological polar surface area (TPSA) is 59.6 Å². The van der Waals surface area contributed by atoms with Crippen LogP contribution < -0.4 is 10.6 Å². The maximum atomic E-state index is 13.5. The Labute approximate surface area is 122 Å². The molecule has 20 heavy (non-hydrogen) atoms. The Morgan fingerprint density at radius 1 is 1.40 bits per heavy atom. The van der Waals surface area contributed by atoms with Gasteiger partial charge in [-0.25, -0.2) is 13.6 Å². The first-order chi connectivity index (χ1) is 9.56. The summed E-state index contributed by atoms with van der Waals surface area (Å²) >= 11 is 2.96. The van der Waals surface area contributed by atoms with E-state index in [9.17, 15) is 13.6 Å². The molecule has 1 atom stereocenters. The number of benzene rings is 1. The molecule has 2 rings (SSSR count). The molecule has 110 valence electrons. The summed E-state index contributed by atoms with van der Waals surface area (Å²) in [4.78, 5) is 11.6. The molecule has 0 radical (unpaired) electrons. The van der Waals surface area contributed by atoms with Gasteiger partial charge in [0.2, 0.25) is 0 Å². The predicted molar refractivity (Wildman–Crippen MR) is 71.4 cm³/mol. The van der Waals surface area contributed by atoms with Crippen molar-refractivity contribution < 1.29 is 23.0 Å². The van der Waals surface area contributed by atoms with Crippen LogP contribution in [0.3, 0.4) is 0 Å². The molecule has 0 saturated carbocycles. The van der Waals surface area contributed by atoms with Crippen molar-refractivity contribution in [1.29, 1.82) is 0 Å². The minimum atomic E-state index is -0.852. The van der Waals surface area contributed by atoms with E-state index >= 15 is 0 Å². The van der Waals surface area contributed by atoms with Gasteiger partial charge in [0.1, 0.15) is 12.5 Å². The van der Waals surface area contributed by atoms with Crippen LogP contribution in [0.25, 0.3) is 0 Å². The van der Waals surface area contributed by atoms with E-state index in [-0.39, 0.29) is 23.9 Å². The number of amides is 2. The van der Waals surface area contributed by atoms with Gasteiger partial charge in [-0.3, -0.25) is 0 Å². The quantitative estimate of drug-likeness (QED) is 0.880. The lowest BCUT2D eigenvalue weighted by Crippen LogP contribution is -2.39. The minimum Gasteiger partial charge on any atom is -0.355 e. The lowest BCUT2D eigenvalue weighted by atomic mass is 10.2. The van der Waals surface area contributed by atoms with Crippen molar-refractivity contribution in [2.24, 2.45) is 0 Å². The molecule has 1 aliphatic rings.